The predicted octanol–water partition coefficient (Wildman–Crippen LogP) is 3.61. The summed E-state index contributed by atoms with van der Waals surface area (Å²) < 4.78 is 29.9. The molecule has 0 aliphatic carbocycles. The van der Waals surface area contributed by atoms with Crippen molar-refractivity contribution in [3.63, 3.8) is 0 Å². The van der Waals surface area contributed by atoms with Crippen molar-refractivity contribution in [2.75, 3.05) is 6.54 Å². The Morgan fingerprint density at radius 1 is 1.03 bits per heavy atom. The molecule has 0 atom stereocenters. The highest BCUT2D eigenvalue weighted by atomic mass is 32.2. The van der Waals surface area contributed by atoms with E-state index in [2.05, 4.69) is 10.4 Å². The number of para-hydroxylation sites is 1. The van der Waals surface area contributed by atoms with E-state index in [1.807, 2.05) is 60.8 Å². The number of hydrogen-bond donors (Lipinski definition) is 1. The van der Waals surface area contributed by atoms with E-state index in [0.717, 1.165) is 28.2 Å². The van der Waals surface area contributed by atoms with Crippen molar-refractivity contribution in [2.45, 2.75) is 24.4 Å². The Labute approximate surface area is 196 Å². The third-order valence-corrected chi connectivity index (χ3v) is 8.59. The first-order valence-corrected chi connectivity index (χ1v) is 12.9. The van der Waals surface area contributed by atoms with Crippen LogP contribution in [-0.4, -0.2) is 35.0 Å². The lowest BCUT2D eigenvalue weighted by Crippen LogP contribution is -2.36. The lowest BCUT2D eigenvalue weighted by atomic mass is 10.0. The Hall–Kier alpha value is -3.27. The molecule has 168 valence electrons. The van der Waals surface area contributed by atoms with Crippen LogP contribution in [0.4, 0.5) is 0 Å². The second kappa shape index (κ2) is 8.93. The Balaban J connectivity index is 1.30. The predicted molar refractivity (Wildman–Crippen MR) is 127 cm³/mol. The number of thiophene rings is 1. The van der Waals surface area contributed by atoms with Gasteiger partial charge in [0.25, 0.3) is 5.91 Å². The molecular formula is C24H22N4O3S2. The number of rotatable bonds is 6. The molecule has 0 spiro atoms. The maximum Gasteiger partial charge on any atom is 0.263 e. The average Bonchev–Trinajstić information content (AvgIpc) is 3.53. The topological polar surface area (TPSA) is 84.3 Å². The SMILES string of the molecule is O=C(NCc1cnn(-c2ccccc2)c1)c1sccc1S(=O)(=O)N1CCc2ccccc2C1. The number of fused-ring (bicyclic) bond motifs is 1. The summed E-state index contributed by atoms with van der Waals surface area (Å²) in [7, 11) is -3.79. The molecule has 1 N–H and O–H groups in total. The number of carbonyl (C=O) groups excluding carboxylic acids is 1. The quantitative estimate of drug-likeness (QED) is 0.459. The van der Waals surface area contributed by atoms with Crippen molar-refractivity contribution in [3.8, 4) is 5.69 Å². The van der Waals surface area contributed by atoms with Gasteiger partial charge in [0.05, 0.1) is 11.9 Å². The number of carbonyl (C=O) groups is 1. The molecular weight excluding hydrogens is 456 g/mol. The molecule has 0 bridgehead atoms. The number of sulfonamides is 1. The summed E-state index contributed by atoms with van der Waals surface area (Å²) in [4.78, 5) is 13.2. The average molecular weight is 479 g/mol. The first-order valence-electron chi connectivity index (χ1n) is 10.5. The maximum absolute atomic E-state index is 13.4. The summed E-state index contributed by atoms with van der Waals surface area (Å²) in [6.45, 7) is 0.961. The lowest BCUT2D eigenvalue weighted by molar-refractivity contribution is 0.0952. The molecule has 2 aromatic carbocycles. The molecule has 2 aromatic heterocycles. The summed E-state index contributed by atoms with van der Waals surface area (Å²) in [6.07, 6.45) is 4.18. The lowest BCUT2D eigenvalue weighted by Gasteiger charge is -2.28. The fourth-order valence-corrected chi connectivity index (χ4v) is 6.65. The van der Waals surface area contributed by atoms with E-state index < -0.39 is 15.9 Å². The summed E-state index contributed by atoms with van der Waals surface area (Å²) >= 11 is 1.13. The highest BCUT2D eigenvalue weighted by molar-refractivity contribution is 7.89. The van der Waals surface area contributed by atoms with Crippen LogP contribution in [0.2, 0.25) is 0 Å². The van der Waals surface area contributed by atoms with Gasteiger partial charge in [-0.2, -0.15) is 9.40 Å². The van der Waals surface area contributed by atoms with Gasteiger partial charge in [-0.15, -0.1) is 11.3 Å². The van der Waals surface area contributed by atoms with Crippen molar-refractivity contribution in [3.05, 3.63) is 100 Å². The first kappa shape index (κ1) is 21.6. The summed E-state index contributed by atoms with van der Waals surface area (Å²) in [5.41, 5.74) is 3.91. The smallest absolute Gasteiger partial charge is 0.263 e. The summed E-state index contributed by atoms with van der Waals surface area (Å²) in [6, 6.07) is 19.1. The first-order chi connectivity index (χ1) is 16.0. The van der Waals surface area contributed by atoms with Gasteiger partial charge in [-0.3, -0.25) is 4.79 Å². The molecule has 0 saturated carbocycles. The molecule has 0 radical (unpaired) electrons. The van der Waals surface area contributed by atoms with Crippen LogP contribution in [-0.2, 0) is 29.5 Å². The van der Waals surface area contributed by atoms with Crippen molar-refractivity contribution >= 4 is 27.3 Å². The van der Waals surface area contributed by atoms with Gasteiger partial charge in [0, 0.05) is 31.4 Å². The van der Waals surface area contributed by atoms with Crippen molar-refractivity contribution < 1.29 is 13.2 Å². The second-order valence-corrected chi connectivity index (χ2v) is 10.6. The largest absolute Gasteiger partial charge is 0.347 e. The Morgan fingerprint density at radius 2 is 1.79 bits per heavy atom. The maximum atomic E-state index is 13.4. The second-order valence-electron chi connectivity index (χ2n) is 7.78. The molecule has 0 unspecified atom stereocenters. The van der Waals surface area contributed by atoms with Gasteiger partial charge in [0.15, 0.2) is 0 Å². The van der Waals surface area contributed by atoms with Gasteiger partial charge in [0.1, 0.15) is 9.77 Å². The minimum atomic E-state index is -3.79. The highest BCUT2D eigenvalue weighted by Crippen LogP contribution is 2.29. The minimum Gasteiger partial charge on any atom is -0.347 e. The molecule has 7 nitrogen and oxygen atoms in total. The van der Waals surface area contributed by atoms with Crippen LogP contribution in [0.1, 0.15) is 26.4 Å². The number of benzene rings is 2. The number of hydrogen-bond acceptors (Lipinski definition) is 5. The molecule has 4 aromatic rings. The standard InChI is InChI=1S/C24H22N4O3S2/c29-24(25-14-18-15-26-28(16-18)21-8-2-1-3-9-21)23-22(11-13-32-23)33(30,31)27-12-10-19-6-4-5-7-20(19)17-27/h1-9,11,13,15-16H,10,12,14,17H2,(H,25,29). The molecule has 0 fully saturated rings. The van der Waals surface area contributed by atoms with E-state index in [0.29, 0.717) is 19.5 Å². The van der Waals surface area contributed by atoms with Gasteiger partial charge in [-0.25, -0.2) is 13.1 Å². The molecule has 1 aliphatic rings. The highest BCUT2D eigenvalue weighted by Gasteiger charge is 2.32. The van der Waals surface area contributed by atoms with Gasteiger partial charge in [-0.1, -0.05) is 42.5 Å². The molecule has 5 rings (SSSR count). The molecule has 3 heterocycles. The Bertz CT molecular complexity index is 1390. The summed E-state index contributed by atoms with van der Waals surface area (Å²) in [5.74, 6) is -0.409. The normalized spacial score (nSPS) is 14.1. The Morgan fingerprint density at radius 3 is 2.61 bits per heavy atom. The Kier molecular flexibility index (Phi) is 5.84. The van der Waals surface area contributed by atoms with Crippen molar-refractivity contribution in [2.24, 2.45) is 0 Å². The zero-order valence-corrected chi connectivity index (χ0v) is 19.3. The van der Waals surface area contributed by atoms with Gasteiger partial charge in [0.2, 0.25) is 10.0 Å². The van der Waals surface area contributed by atoms with Gasteiger partial charge >= 0.3 is 0 Å². The van der Waals surface area contributed by atoms with E-state index in [4.69, 9.17) is 0 Å². The van der Waals surface area contributed by atoms with E-state index in [9.17, 15) is 13.2 Å². The zero-order valence-electron chi connectivity index (χ0n) is 17.7. The zero-order chi connectivity index (χ0) is 22.8. The minimum absolute atomic E-state index is 0.0596. The number of nitrogens with one attached hydrogen (secondary N) is 1. The third kappa shape index (κ3) is 4.35. The van der Waals surface area contributed by atoms with Crippen molar-refractivity contribution in [1.29, 1.82) is 0 Å². The van der Waals surface area contributed by atoms with E-state index >= 15 is 0 Å². The van der Waals surface area contributed by atoms with Crippen LogP contribution in [0.25, 0.3) is 5.69 Å². The van der Waals surface area contributed by atoms with Crippen LogP contribution < -0.4 is 5.32 Å². The van der Waals surface area contributed by atoms with E-state index in [1.165, 1.54) is 15.9 Å². The molecule has 33 heavy (non-hydrogen) atoms. The van der Waals surface area contributed by atoms with Gasteiger partial charge < -0.3 is 5.32 Å². The summed E-state index contributed by atoms with van der Waals surface area (Å²) in [5, 5.41) is 8.81. The molecule has 9 heteroatoms. The van der Waals surface area contributed by atoms with Crippen LogP contribution >= 0.6 is 11.3 Å². The number of amides is 1. The molecule has 1 aliphatic heterocycles. The van der Waals surface area contributed by atoms with Crippen molar-refractivity contribution in [1.82, 2.24) is 19.4 Å². The molecule has 0 saturated heterocycles. The number of aromatic nitrogens is 2. The fraction of sp³-hybridized carbons (Fsp3) is 0.167. The number of nitrogens with zero attached hydrogens (tertiary/aromatic N) is 3. The van der Waals surface area contributed by atoms with Crippen LogP contribution in [0.5, 0.6) is 0 Å². The third-order valence-electron chi connectivity index (χ3n) is 5.66. The van der Waals surface area contributed by atoms with Crippen LogP contribution in [0.3, 0.4) is 0 Å². The molecule has 1 amide bonds. The van der Waals surface area contributed by atoms with Crippen LogP contribution in [0.15, 0.2) is 83.3 Å². The van der Waals surface area contributed by atoms with E-state index in [1.54, 1.807) is 16.3 Å². The monoisotopic (exact) mass is 478 g/mol. The van der Waals surface area contributed by atoms with Gasteiger partial charge in [-0.05, 0) is 41.1 Å². The fourth-order valence-electron chi connectivity index (χ4n) is 3.92. The van der Waals surface area contributed by atoms with E-state index in [-0.39, 0.29) is 16.3 Å². The van der Waals surface area contributed by atoms with Crippen LogP contribution in [0, 0.1) is 0 Å².